The summed E-state index contributed by atoms with van der Waals surface area (Å²) in [5.41, 5.74) is 1.47. The molecule has 2 aromatic rings. The molecule has 2 aliphatic rings. The maximum Gasteiger partial charge on any atom is 0.186 e. The van der Waals surface area contributed by atoms with Gasteiger partial charge in [0, 0.05) is 49.1 Å². The van der Waals surface area contributed by atoms with E-state index in [-0.39, 0.29) is 27.9 Å². The predicted octanol–water partition coefficient (Wildman–Crippen LogP) is 4.01. The van der Waals surface area contributed by atoms with Crippen LogP contribution in [0.4, 0.5) is 4.39 Å². The second-order valence-corrected chi connectivity index (χ2v) is 9.03. The third-order valence-corrected chi connectivity index (χ3v) is 6.60. The maximum absolute atomic E-state index is 14.6. The van der Waals surface area contributed by atoms with Gasteiger partial charge in [-0.1, -0.05) is 30.0 Å². The van der Waals surface area contributed by atoms with Crippen LogP contribution in [0, 0.1) is 11.7 Å². The van der Waals surface area contributed by atoms with Gasteiger partial charge in [-0.15, -0.1) is 0 Å². The average Bonchev–Trinajstić information content (AvgIpc) is 3.42. The zero-order valence-electron chi connectivity index (χ0n) is 16.3. The summed E-state index contributed by atoms with van der Waals surface area (Å²) in [7, 11) is 0. The van der Waals surface area contributed by atoms with Crippen molar-refractivity contribution in [3.05, 3.63) is 59.4 Å². The summed E-state index contributed by atoms with van der Waals surface area (Å²) in [5.74, 6) is 0.502. The Balaban J connectivity index is 1.66. The lowest BCUT2D eigenvalue weighted by atomic mass is 9.93. The Hall–Kier alpha value is -2.25. The molecular formula is C22H24FN3O2S. The van der Waals surface area contributed by atoms with Crippen LogP contribution >= 0.6 is 11.8 Å². The van der Waals surface area contributed by atoms with Gasteiger partial charge in [0.15, 0.2) is 10.9 Å². The largest absolute Gasteiger partial charge is 0.345 e. The number of hydrogen-bond donors (Lipinski definition) is 1. The van der Waals surface area contributed by atoms with Gasteiger partial charge in [-0.3, -0.25) is 14.5 Å². The van der Waals surface area contributed by atoms with E-state index in [1.54, 1.807) is 37.5 Å². The number of hydrogen-bond acceptors (Lipinski definition) is 5. The smallest absolute Gasteiger partial charge is 0.186 e. The zero-order valence-corrected chi connectivity index (χ0v) is 17.1. The highest BCUT2D eigenvalue weighted by molar-refractivity contribution is 8.14. The summed E-state index contributed by atoms with van der Waals surface area (Å²) in [5, 5.41) is 0.0969. The number of benzene rings is 1. The standard InChI is InChI=1S/C22H24FN3O2S/c1-14(27)29-19-8-11-26(13-16(19)12-20-24-9-10-25-20)21(22(28)15-6-7-15)17-4-2-3-5-18(17)23/h2-5,9-10,12,15,19,21H,6-8,11,13H2,1H3,(H,24,25)/b16-12+. The molecule has 0 bridgehead atoms. The van der Waals surface area contributed by atoms with E-state index in [4.69, 9.17) is 0 Å². The molecule has 2 fully saturated rings. The summed E-state index contributed by atoms with van der Waals surface area (Å²) in [6.45, 7) is 2.71. The number of likely N-dealkylation sites (tertiary alicyclic amines) is 1. The van der Waals surface area contributed by atoms with Crippen LogP contribution in [0.2, 0.25) is 0 Å². The first kappa shape index (κ1) is 20.0. The van der Waals surface area contributed by atoms with Crippen LogP contribution in [0.3, 0.4) is 0 Å². The Morgan fingerprint density at radius 2 is 2.10 bits per heavy atom. The minimum atomic E-state index is -0.591. The molecule has 0 spiro atoms. The molecule has 1 aliphatic carbocycles. The molecule has 152 valence electrons. The van der Waals surface area contributed by atoms with E-state index < -0.39 is 6.04 Å². The highest BCUT2D eigenvalue weighted by Crippen LogP contribution is 2.40. The fourth-order valence-corrected chi connectivity index (χ4v) is 4.85. The lowest BCUT2D eigenvalue weighted by molar-refractivity contribution is -0.126. The highest BCUT2D eigenvalue weighted by Gasteiger charge is 2.41. The summed E-state index contributed by atoms with van der Waals surface area (Å²) < 4.78 is 14.6. The lowest BCUT2D eigenvalue weighted by Gasteiger charge is -2.38. The van der Waals surface area contributed by atoms with Crippen molar-refractivity contribution in [2.24, 2.45) is 5.92 Å². The highest BCUT2D eigenvalue weighted by atomic mass is 32.2. The third-order valence-electron chi connectivity index (χ3n) is 5.44. The molecule has 2 unspecified atom stereocenters. The molecule has 7 heteroatoms. The number of Topliss-reactive ketones (excluding diaryl/α,β-unsaturated/α-hetero) is 1. The van der Waals surface area contributed by atoms with Crippen LogP contribution in [0.25, 0.3) is 6.08 Å². The lowest BCUT2D eigenvalue weighted by Crippen LogP contribution is -2.43. The summed E-state index contributed by atoms with van der Waals surface area (Å²) >= 11 is 1.31. The maximum atomic E-state index is 14.6. The Bertz CT molecular complexity index is 924. The van der Waals surface area contributed by atoms with Crippen molar-refractivity contribution in [1.29, 1.82) is 0 Å². The zero-order chi connectivity index (χ0) is 20.4. The minimum absolute atomic E-state index is 0.0291. The summed E-state index contributed by atoms with van der Waals surface area (Å²) in [4.78, 5) is 34.3. The topological polar surface area (TPSA) is 66.1 Å². The van der Waals surface area contributed by atoms with Crippen molar-refractivity contribution in [3.8, 4) is 0 Å². The number of nitrogens with zero attached hydrogens (tertiary/aromatic N) is 2. The Morgan fingerprint density at radius 1 is 1.31 bits per heavy atom. The minimum Gasteiger partial charge on any atom is -0.345 e. The predicted molar refractivity (Wildman–Crippen MR) is 112 cm³/mol. The molecular weight excluding hydrogens is 389 g/mol. The first-order valence-electron chi connectivity index (χ1n) is 9.92. The molecule has 2 atom stereocenters. The monoisotopic (exact) mass is 413 g/mol. The number of H-pyrrole nitrogens is 1. The van der Waals surface area contributed by atoms with E-state index in [0.29, 0.717) is 24.5 Å². The van der Waals surface area contributed by atoms with Crippen molar-refractivity contribution in [2.75, 3.05) is 13.1 Å². The number of carbonyl (C=O) groups excluding carboxylic acids is 2. The van der Waals surface area contributed by atoms with Crippen molar-refractivity contribution < 1.29 is 14.0 Å². The van der Waals surface area contributed by atoms with Gasteiger partial charge in [0.25, 0.3) is 0 Å². The van der Waals surface area contributed by atoms with Gasteiger partial charge in [-0.25, -0.2) is 9.37 Å². The number of aromatic amines is 1. The number of nitrogens with one attached hydrogen (secondary N) is 1. The van der Waals surface area contributed by atoms with Crippen molar-refractivity contribution in [1.82, 2.24) is 14.9 Å². The number of carbonyl (C=O) groups is 2. The Kier molecular flexibility index (Phi) is 5.96. The van der Waals surface area contributed by atoms with Crippen LogP contribution in [0.1, 0.15) is 43.6 Å². The molecule has 1 aliphatic heterocycles. The fourth-order valence-electron chi connectivity index (χ4n) is 3.93. The molecule has 0 radical (unpaired) electrons. The van der Waals surface area contributed by atoms with Crippen LogP contribution in [-0.2, 0) is 9.59 Å². The normalized spacial score (nSPS) is 22.6. The van der Waals surface area contributed by atoms with Crippen LogP contribution < -0.4 is 0 Å². The van der Waals surface area contributed by atoms with E-state index in [1.165, 1.54) is 17.8 Å². The van der Waals surface area contributed by atoms with Crippen molar-refractivity contribution >= 4 is 28.7 Å². The van der Waals surface area contributed by atoms with Gasteiger partial charge >= 0.3 is 0 Å². The molecule has 29 heavy (non-hydrogen) atoms. The quantitative estimate of drug-likeness (QED) is 0.775. The number of imidazole rings is 1. The van der Waals surface area contributed by atoms with Gasteiger partial charge in [0.05, 0.1) is 6.04 Å². The van der Waals surface area contributed by atoms with Crippen LogP contribution in [0.5, 0.6) is 0 Å². The van der Waals surface area contributed by atoms with Crippen molar-refractivity contribution in [3.63, 3.8) is 0 Å². The Morgan fingerprint density at radius 3 is 2.76 bits per heavy atom. The number of rotatable bonds is 6. The van der Waals surface area contributed by atoms with Crippen molar-refractivity contribution in [2.45, 2.75) is 37.5 Å². The van der Waals surface area contributed by atoms with Gasteiger partial charge in [-0.05, 0) is 37.0 Å². The molecule has 1 saturated heterocycles. The van der Waals surface area contributed by atoms with E-state index >= 15 is 0 Å². The van der Waals surface area contributed by atoms with Crippen LogP contribution in [-0.4, -0.2) is 44.1 Å². The second-order valence-electron chi connectivity index (χ2n) is 7.65. The number of piperidine rings is 1. The fraction of sp³-hybridized carbons (Fsp3) is 0.409. The van der Waals surface area contributed by atoms with Gasteiger partial charge < -0.3 is 4.98 Å². The van der Waals surface area contributed by atoms with Gasteiger partial charge in [0.1, 0.15) is 11.6 Å². The number of halogens is 1. The average molecular weight is 414 g/mol. The molecule has 1 N–H and O–H groups in total. The number of ketones is 1. The van der Waals surface area contributed by atoms with E-state index in [1.807, 2.05) is 6.08 Å². The number of thioether (sulfide) groups is 1. The molecule has 5 nitrogen and oxygen atoms in total. The van der Waals surface area contributed by atoms with E-state index in [2.05, 4.69) is 14.9 Å². The molecule has 1 aromatic heterocycles. The molecule has 2 heterocycles. The molecule has 1 saturated carbocycles. The molecule has 4 rings (SSSR count). The SMILES string of the molecule is CC(=O)SC1CCN(C(C(=O)C2CC2)c2ccccc2F)C/C1=C\c1ncc[nH]1. The first-order chi connectivity index (χ1) is 14.0. The summed E-state index contributed by atoms with van der Waals surface area (Å²) in [6.07, 6.45) is 7.87. The Labute approximate surface area is 173 Å². The third kappa shape index (κ3) is 4.67. The molecule has 1 aromatic carbocycles. The summed E-state index contributed by atoms with van der Waals surface area (Å²) in [6, 6.07) is 5.97. The van der Waals surface area contributed by atoms with Gasteiger partial charge in [-0.2, -0.15) is 0 Å². The van der Waals surface area contributed by atoms with E-state index in [9.17, 15) is 14.0 Å². The first-order valence-corrected chi connectivity index (χ1v) is 10.8. The van der Waals surface area contributed by atoms with Crippen LogP contribution in [0.15, 0.2) is 42.2 Å². The second kappa shape index (κ2) is 8.63. The molecule has 0 amide bonds. The van der Waals surface area contributed by atoms with Gasteiger partial charge in [0.2, 0.25) is 0 Å². The van der Waals surface area contributed by atoms with E-state index in [0.717, 1.165) is 24.8 Å². The number of aromatic nitrogens is 2.